The quantitative estimate of drug-likeness (QED) is 0.324. The van der Waals surface area contributed by atoms with Crippen molar-refractivity contribution in [2.24, 2.45) is 0 Å². The molecule has 0 aliphatic rings. The summed E-state index contributed by atoms with van der Waals surface area (Å²) < 4.78 is 14.9. The summed E-state index contributed by atoms with van der Waals surface area (Å²) in [6, 6.07) is 21.8. The summed E-state index contributed by atoms with van der Waals surface area (Å²) in [5.74, 6) is -0.976. The minimum atomic E-state index is -0.753. The molecule has 3 aromatic carbocycles. The maximum Gasteiger partial charge on any atom is 0.303 e. The molecular weight excluding hydrogens is 387 g/mol. The van der Waals surface area contributed by atoms with Crippen LogP contribution in [-0.2, 0) is 17.6 Å². The number of carboxylic acid groups (broad SMARTS) is 1. The van der Waals surface area contributed by atoms with Gasteiger partial charge >= 0.3 is 5.97 Å². The van der Waals surface area contributed by atoms with Crippen LogP contribution < -0.4 is 0 Å². The van der Waals surface area contributed by atoms with E-state index >= 15 is 0 Å². The fourth-order valence-corrected chi connectivity index (χ4v) is 3.83. The van der Waals surface area contributed by atoms with E-state index in [9.17, 15) is 9.18 Å². The Morgan fingerprint density at radius 3 is 1.84 bits per heavy atom. The molecule has 0 saturated heterocycles. The van der Waals surface area contributed by atoms with Crippen molar-refractivity contribution in [3.63, 3.8) is 0 Å². The summed E-state index contributed by atoms with van der Waals surface area (Å²) in [5.41, 5.74) is 5.84. The normalized spacial score (nSPS) is 10.9. The molecule has 0 bridgehead atoms. The summed E-state index contributed by atoms with van der Waals surface area (Å²) in [6.07, 6.45) is 7.33. The van der Waals surface area contributed by atoms with Crippen LogP contribution in [0.5, 0.6) is 0 Å². The molecule has 0 fully saturated rings. The summed E-state index contributed by atoms with van der Waals surface area (Å²) in [4.78, 5) is 10.6. The van der Waals surface area contributed by atoms with Gasteiger partial charge in [0.1, 0.15) is 5.82 Å². The molecule has 0 spiro atoms. The summed E-state index contributed by atoms with van der Waals surface area (Å²) in [6.45, 7) is 2.21. The zero-order valence-corrected chi connectivity index (χ0v) is 18.2. The van der Waals surface area contributed by atoms with Crippen LogP contribution in [0.1, 0.15) is 56.6 Å². The van der Waals surface area contributed by atoms with E-state index in [1.807, 2.05) is 36.4 Å². The van der Waals surface area contributed by atoms with Crippen molar-refractivity contribution in [3.8, 4) is 22.3 Å². The number of aryl methyl sites for hydroxylation is 2. The molecule has 3 rings (SSSR count). The Labute approximate surface area is 184 Å². The standard InChI is InChI=1S/C28H31FO2/c1-2-3-4-7-21-10-14-23(15-11-21)25-18-19-26(27(29)20-25)24-16-12-22(13-17-24)8-5-6-9-28(30)31/h10-20H,2-9H2,1H3,(H,30,31). The molecule has 0 aromatic heterocycles. The van der Waals surface area contributed by atoms with Crippen LogP contribution in [0.2, 0.25) is 0 Å². The summed E-state index contributed by atoms with van der Waals surface area (Å²) in [7, 11) is 0. The highest BCUT2D eigenvalue weighted by Gasteiger charge is 2.08. The fourth-order valence-electron chi connectivity index (χ4n) is 3.83. The highest BCUT2D eigenvalue weighted by atomic mass is 19.1. The lowest BCUT2D eigenvalue weighted by Crippen LogP contribution is -1.95. The maximum atomic E-state index is 14.9. The molecule has 0 aliphatic carbocycles. The highest BCUT2D eigenvalue weighted by molar-refractivity contribution is 5.71. The molecular formula is C28H31FO2. The van der Waals surface area contributed by atoms with Gasteiger partial charge in [0, 0.05) is 12.0 Å². The largest absolute Gasteiger partial charge is 0.481 e. The van der Waals surface area contributed by atoms with E-state index in [4.69, 9.17) is 5.11 Å². The van der Waals surface area contributed by atoms with Gasteiger partial charge in [0.15, 0.2) is 0 Å². The minimum Gasteiger partial charge on any atom is -0.481 e. The average Bonchev–Trinajstić information content (AvgIpc) is 2.78. The van der Waals surface area contributed by atoms with Crippen molar-refractivity contribution in [2.45, 2.75) is 58.3 Å². The Morgan fingerprint density at radius 2 is 1.29 bits per heavy atom. The number of unbranched alkanes of at least 4 members (excludes halogenated alkanes) is 3. The molecule has 3 aromatic rings. The van der Waals surface area contributed by atoms with Crippen LogP contribution in [0.3, 0.4) is 0 Å². The van der Waals surface area contributed by atoms with Crippen LogP contribution in [0.15, 0.2) is 66.7 Å². The first kappa shape index (κ1) is 22.7. The van der Waals surface area contributed by atoms with E-state index < -0.39 is 5.97 Å². The number of rotatable bonds is 11. The lowest BCUT2D eigenvalue weighted by atomic mass is 9.97. The molecule has 1 N–H and O–H groups in total. The number of aliphatic carboxylic acids is 1. The number of carboxylic acids is 1. The Bertz CT molecular complexity index is 975. The minimum absolute atomic E-state index is 0.206. The number of hydrogen-bond donors (Lipinski definition) is 1. The van der Waals surface area contributed by atoms with Crippen molar-refractivity contribution >= 4 is 5.97 Å². The van der Waals surface area contributed by atoms with Crippen LogP contribution in [-0.4, -0.2) is 11.1 Å². The van der Waals surface area contributed by atoms with E-state index in [1.165, 1.54) is 24.8 Å². The summed E-state index contributed by atoms with van der Waals surface area (Å²) >= 11 is 0. The third kappa shape index (κ3) is 6.78. The molecule has 31 heavy (non-hydrogen) atoms. The van der Waals surface area contributed by atoms with E-state index in [1.54, 1.807) is 6.07 Å². The fraction of sp³-hybridized carbons (Fsp3) is 0.321. The molecule has 0 atom stereocenters. The Balaban J connectivity index is 1.64. The van der Waals surface area contributed by atoms with Gasteiger partial charge in [-0.25, -0.2) is 4.39 Å². The van der Waals surface area contributed by atoms with E-state index in [-0.39, 0.29) is 12.2 Å². The molecule has 0 saturated carbocycles. The Kier molecular flexibility index (Phi) is 8.40. The lowest BCUT2D eigenvalue weighted by molar-refractivity contribution is -0.137. The molecule has 0 aliphatic heterocycles. The van der Waals surface area contributed by atoms with Gasteiger partial charge in [-0.3, -0.25) is 4.79 Å². The van der Waals surface area contributed by atoms with Crippen molar-refractivity contribution in [1.82, 2.24) is 0 Å². The first-order valence-electron chi connectivity index (χ1n) is 11.3. The van der Waals surface area contributed by atoms with Crippen molar-refractivity contribution in [1.29, 1.82) is 0 Å². The topological polar surface area (TPSA) is 37.3 Å². The number of halogens is 1. The second-order valence-electron chi connectivity index (χ2n) is 8.15. The molecule has 2 nitrogen and oxygen atoms in total. The third-order valence-corrected chi connectivity index (χ3v) is 5.70. The third-order valence-electron chi connectivity index (χ3n) is 5.70. The van der Waals surface area contributed by atoms with Gasteiger partial charge in [0.25, 0.3) is 0 Å². The second kappa shape index (κ2) is 11.5. The zero-order chi connectivity index (χ0) is 22.1. The van der Waals surface area contributed by atoms with Crippen LogP contribution >= 0.6 is 0 Å². The molecule has 162 valence electrons. The smallest absolute Gasteiger partial charge is 0.303 e. The van der Waals surface area contributed by atoms with Gasteiger partial charge in [-0.2, -0.15) is 0 Å². The zero-order valence-electron chi connectivity index (χ0n) is 18.2. The Hall–Kier alpha value is -2.94. The SMILES string of the molecule is CCCCCc1ccc(-c2ccc(-c3ccc(CCCCC(=O)O)cc3)c(F)c2)cc1. The number of benzene rings is 3. The van der Waals surface area contributed by atoms with Gasteiger partial charge in [-0.15, -0.1) is 0 Å². The second-order valence-corrected chi connectivity index (χ2v) is 8.15. The summed E-state index contributed by atoms with van der Waals surface area (Å²) in [5, 5.41) is 8.71. The van der Waals surface area contributed by atoms with Crippen molar-refractivity contribution < 1.29 is 14.3 Å². The maximum absolute atomic E-state index is 14.9. The molecule has 0 heterocycles. The molecule has 0 radical (unpaired) electrons. The Morgan fingerprint density at radius 1 is 0.742 bits per heavy atom. The van der Waals surface area contributed by atoms with Crippen molar-refractivity contribution in [2.75, 3.05) is 0 Å². The first-order valence-corrected chi connectivity index (χ1v) is 11.3. The van der Waals surface area contributed by atoms with Crippen molar-refractivity contribution in [3.05, 3.63) is 83.7 Å². The number of hydrogen-bond acceptors (Lipinski definition) is 1. The number of carbonyl (C=O) groups is 1. The van der Waals surface area contributed by atoms with Crippen LogP contribution in [0.4, 0.5) is 4.39 Å². The highest BCUT2D eigenvalue weighted by Crippen LogP contribution is 2.29. The van der Waals surface area contributed by atoms with Gasteiger partial charge in [-0.05, 0) is 66.0 Å². The van der Waals surface area contributed by atoms with E-state index in [0.29, 0.717) is 12.0 Å². The molecule has 0 amide bonds. The van der Waals surface area contributed by atoms with Gasteiger partial charge in [0.05, 0.1) is 0 Å². The van der Waals surface area contributed by atoms with Gasteiger partial charge in [0.2, 0.25) is 0 Å². The monoisotopic (exact) mass is 418 g/mol. The predicted molar refractivity (Wildman–Crippen MR) is 126 cm³/mol. The average molecular weight is 419 g/mol. The van der Waals surface area contributed by atoms with Gasteiger partial charge < -0.3 is 5.11 Å². The molecule has 0 unspecified atom stereocenters. The van der Waals surface area contributed by atoms with Crippen LogP contribution in [0.25, 0.3) is 22.3 Å². The van der Waals surface area contributed by atoms with E-state index in [0.717, 1.165) is 41.5 Å². The van der Waals surface area contributed by atoms with E-state index in [2.05, 4.69) is 31.2 Å². The van der Waals surface area contributed by atoms with Crippen LogP contribution in [0, 0.1) is 5.82 Å². The lowest BCUT2D eigenvalue weighted by Gasteiger charge is -2.09. The first-order chi connectivity index (χ1) is 15.1. The predicted octanol–water partition coefficient (Wildman–Crippen LogP) is 7.69. The van der Waals surface area contributed by atoms with Gasteiger partial charge in [-0.1, -0.05) is 80.4 Å². The molecule has 3 heteroatoms.